The molecule has 78 valence electrons. The molecule has 2 rings (SSSR count). The fourth-order valence-corrected chi connectivity index (χ4v) is 1.67. The fourth-order valence-electron chi connectivity index (χ4n) is 1.67. The van der Waals surface area contributed by atoms with Gasteiger partial charge in [-0.25, -0.2) is 4.98 Å². The van der Waals surface area contributed by atoms with Gasteiger partial charge in [0.25, 0.3) is 0 Å². The first-order valence-corrected chi connectivity index (χ1v) is 4.67. The Morgan fingerprint density at radius 1 is 1.33 bits per heavy atom. The van der Waals surface area contributed by atoms with E-state index in [1.807, 2.05) is 25.2 Å². The maximum Gasteiger partial charge on any atom is 0.135 e. The average Bonchev–Trinajstić information content (AvgIpc) is 2.29. The molecule has 0 bridgehead atoms. The first-order valence-electron chi connectivity index (χ1n) is 4.67. The number of ether oxygens (including phenoxy) is 1. The summed E-state index contributed by atoms with van der Waals surface area (Å²) < 4.78 is 5.27. The lowest BCUT2D eigenvalue weighted by Crippen LogP contribution is -1.97. The highest BCUT2D eigenvalue weighted by Crippen LogP contribution is 2.33. The van der Waals surface area contributed by atoms with Crippen LogP contribution in [0.5, 0.6) is 5.75 Å². The smallest absolute Gasteiger partial charge is 0.135 e. The highest BCUT2D eigenvalue weighted by Gasteiger charge is 2.08. The van der Waals surface area contributed by atoms with Crippen molar-refractivity contribution < 1.29 is 4.74 Å². The van der Waals surface area contributed by atoms with Crippen LogP contribution in [0.2, 0.25) is 0 Å². The summed E-state index contributed by atoms with van der Waals surface area (Å²) in [5, 5.41) is 4.89. The van der Waals surface area contributed by atoms with E-state index < -0.39 is 0 Å². The zero-order valence-corrected chi connectivity index (χ0v) is 8.74. The van der Waals surface area contributed by atoms with Gasteiger partial charge in [0.1, 0.15) is 11.6 Å². The van der Waals surface area contributed by atoms with Crippen molar-refractivity contribution in [3.8, 4) is 5.75 Å². The lowest BCUT2D eigenvalue weighted by Gasteiger charge is -2.10. The van der Waals surface area contributed by atoms with Crippen LogP contribution in [0.1, 0.15) is 0 Å². The molecule has 1 aromatic carbocycles. The zero-order valence-electron chi connectivity index (χ0n) is 8.74. The Kier molecular flexibility index (Phi) is 2.33. The third-order valence-electron chi connectivity index (χ3n) is 2.38. The minimum absolute atomic E-state index is 0.697. The van der Waals surface area contributed by atoms with E-state index >= 15 is 0 Å². The molecule has 0 aliphatic rings. The number of hydrogen-bond acceptors (Lipinski definition) is 4. The van der Waals surface area contributed by atoms with Crippen LogP contribution in [-0.2, 0) is 0 Å². The first kappa shape index (κ1) is 9.58. The molecule has 1 aromatic heterocycles. The van der Waals surface area contributed by atoms with Crippen LogP contribution in [0, 0.1) is 0 Å². The summed E-state index contributed by atoms with van der Waals surface area (Å²) in [6.07, 6.45) is 1.73. The van der Waals surface area contributed by atoms with Gasteiger partial charge in [-0.2, -0.15) is 0 Å². The maximum atomic E-state index is 5.92. The van der Waals surface area contributed by atoms with Crippen LogP contribution >= 0.6 is 0 Å². The highest BCUT2D eigenvalue weighted by atomic mass is 16.5. The van der Waals surface area contributed by atoms with Crippen molar-refractivity contribution in [1.82, 2.24) is 4.98 Å². The van der Waals surface area contributed by atoms with E-state index in [9.17, 15) is 0 Å². The number of nitrogens with one attached hydrogen (secondary N) is 1. The number of nitrogens with zero attached hydrogens (tertiary/aromatic N) is 1. The second-order valence-corrected chi connectivity index (χ2v) is 3.19. The number of methoxy groups -OCH3 is 1. The number of nitrogens with two attached hydrogens (primary N) is 1. The highest BCUT2D eigenvalue weighted by molar-refractivity contribution is 6.03. The third kappa shape index (κ3) is 1.44. The molecule has 0 amide bonds. The van der Waals surface area contributed by atoms with Crippen LogP contribution in [0.15, 0.2) is 24.4 Å². The molecule has 0 spiro atoms. The van der Waals surface area contributed by atoms with E-state index in [-0.39, 0.29) is 0 Å². The minimum Gasteiger partial charge on any atom is -0.496 e. The van der Waals surface area contributed by atoms with Crippen molar-refractivity contribution in [2.75, 3.05) is 25.2 Å². The Morgan fingerprint density at radius 3 is 2.80 bits per heavy atom. The molecule has 0 saturated heterocycles. The average molecular weight is 203 g/mol. The van der Waals surface area contributed by atoms with Crippen molar-refractivity contribution in [3.05, 3.63) is 24.4 Å². The Hall–Kier alpha value is -1.97. The van der Waals surface area contributed by atoms with Gasteiger partial charge in [0.15, 0.2) is 0 Å². The van der Waals surface area contributed by atoms with E-state index in [1.165, 1.54) is 0 Å². The number of aromatic nitrogens is 1. The van der Waals surface area contributed by atoms with Crippen molar-refractivity contribution >= 4 is 22.3 Å². The third-order valence-corrected chi connectivity index (χ3v) is 2.38. The molecule has 0 radical (unpaired) electrons. The molecule has 2 aromatic rings. The molecule has 0 atom stereocenters. The summed E-state index contributed by atoms with van der Waals surface area (Å²) in [4.78, 5) is 4.21. The van der Waals surface area contributed by atoms with Gasteiger partial charge in [0.2, 0.25) is 0 Å². The Morgan fingerprint density at radius 2 is 2.13 bits per heavy atom. The molecule has 0 fully saturated rings. The monoisotopic (exact) mass is 203 g/mol. The molecule has 0 unspecified atom stereocenters. The number of fused-ring (bicyclic) bond motifs is 1. The van der Waals surface area contributed by atoms with Crippen LogP contribution in [-0.4, -0.2) is 19.1 Å². The van der Waals surface area contributed by atoms with E-state index in [4.69, 9.17) is 10.5 Å². The molecule has 15 heavy (non-hydrogen) atoms. The van der Waals surface area contributed by atoms with Crippen LogP contribution < -0.4 is 15.8 Å². The summed E-state index contributed by atoms with van der Waals surface area (Å²) in [6.45, 7) is 0. The normalized spacial score (nSPS) is 10.3. The van der Waals surface area contributed by atoms with Gasteiger partial charge in [-0.1, -0.05) is 0 Å². The largest absolute Gasteiger partial charge is 0.496 e. The summed E-state index contributed by atoms with van der Waals surface area (Å²) in [5.41, 5.74) is 6.62. The second-order valence-electron chi connectivity index (χ2n) is 3.19. The predicted octanol–water partition coefficient (Wildman–Crippen LogP) is 1.87. The quantitative estimate of drug-likeness (QED) is 0.731. The van der Waals surface area contributed by atoms with Gasteiger partial charge in [0.05, 0.1) is 12.5 Å². The van der Waals surface area contributed by atoms with Gasteiger partial charge >= 0.3 is 0 Å². The second kappa shape index (κ2) is 3.65. The van der Waals surface area contributed by atoms with Crippen LogP contribution in [0.4, 0.5) is 11.5 Å². The topological polar surface area (TPSA) is 60.2 Å². The molecule has 4 nitrogen and oxygen atoms in total. The maximum absolute atomic E-state index is 5.92. The summed E-state index contributed by atoms with van der Waals surface area (Å²) in [6, 6.07) is 5.58. The first-order chi connectivity index (χ1) is 7.27. The Labute approximate surface area is 88.1 Å². The summed E-state index contributed by atoms with van der Waals surface area (Å²) >= 11 is 0. The lowest BCUT2D eigenvalue weighted by molar-refractivity contribution is 0.420. The predicted molar refractivity (Wildman–Crippen MR) is 62.3 cm³/mol. The summed E-state index contributed by atoms with van der Waals surface area (Å²) in [7, 11) is 3.46. The number of rotatable bonds is 2. The van der Waals surface area contributed by atoms with Gasteiger partial charge in [-0.15, -0.1) is 0 Å². The SMILES string of the molecule is CNc1nccc2c(OC)ccc(N)c12. The van der Waals surface area contributed by atoms with E-state index in [0.717, 1.165) is 22.3 Å². The Balaban J connectivity index is 2.86. The Bertz CT molecular complexity index is 496. The van der Waals surface area contributed by atoms with Gasteiger partial charge in [-0.3, -0.25) is 0 Å². The molecule has 0 aliphatic heterocycles. The van der Waals surface area contributed by atoms with Crippen molar-refractivity contribution in [2.24, 2.45) is 0 Å². The molecule has 4 heteroatoms. The molecule has 0 saturated carbocycles. The van der Waals surface area contributed by atoms with Crippen LogP contribution in [0.25, 0.3) is 10.8 Å². The standard InChI is InChI=1S/C11H13N3O/c1-13-11-10-7(5-6-14-11)9(15-2)4-3-8(10)12/h3-6H,12H2,1-2H3,(H,13,14). The van der Waals surface area contributed by atoms with Gasteiger partial charge in [-0.05, 0) is 18.2 Å². The number of anilines is 2. The van der Waals surface area contributed by atoms with E-state index in [0.29, 0.717) is 5.69 Å². The molecule has 0 aliphatic carbocycles. The van der Waals surface area contributed by atoms with Crippen molar-refractivity contribution in [2.45, 2.75) is 0 Å². The lowest BCUT2D eigenvalue weighted by atomic mass is 10.1. The number of benzene rings is 1. The van der Waals surface area contributed by atoms with Crippen molar-refractivity contribution in [3.63, 3.8) is 0 Å². The molecular formula is C11H13N3O. The van der Waals surface area contributed by atoms with E-state index in [1.54, 1.807) is 13.3 Å². The molecule has 1 heterocycles. The number of pyridine rings is 1. The van der Waals surface area contributed by atoms with Crippen LogP contribution in [0.3, 0.4) is 0 Å². The fraction of sp³-hybridized carbons (Fsp3) is 0.182. The van der Waals surface area contributed by atoms with Gasteiger partial charge < -0.3 is 15.8 Å². The van der Waals surface area contributed by atoms with E-state index in [2.05, 4.69) is 10.3 Å². The summed E-state index contributed by atoms with van der Waals surface area (Å²) in [5.74, 6) is 1.57. The number of hydrogen-bond donors (Lipinski definition) is 2. The molecular weight excluding hydrogens is 190 g/mol. The van der Waals surface area contributed by atoms with Crippen molar-refractivity contribution in [1.29, 1.82) is 0 Å². The number of nitrogen functional groups attached to an aromatic ring is 1. The zero-order chi connectivity index (χ0) is 10.8. The minimum atomic E-state index is 0.697. The molecule has 3 N–H and O–H groups in total. The van der Waals surface area contributed by atoms with Gasteiger partial charge in [0, 0.05) is 24.3 Å².